The summed E-state index contributed by atoms with van der Waals surface area (Å²) in [7, 11) is 3.99. The highest BCUT2D eigenvalue weighted by Gasteiger charge is 2.24. The first-order valence-corrected chi connectivity index (χ1v) is 10.4. The number of piperazine rings is 1. The zero-order chi connectivity index (χ0) is 19.8. The van der Waals surface area contributed by atoms with Crippen LogP contribution < -0.4 is 16.0 Å². The van der Waals surface area contributed by atoms with Gasteiger partial charge in [0.1, 0.15) is 0 Å². The van der Waals surface area contributed by atoms with Crippen LogP contribution in [0.15, 0.2) is 29.3 Å². The average Bonchev–Trinajstić information content (AvgIpc) is 2.71. The number of hydrogen-bond acceptors (Lipinski definition) is 4. The fourth-order valence-corrected chi connectivity index (χ4v) is 3.86. The second-order valence-electron chi connectivity index (χ2n) is 7.77. The Morgan fingerprint density at radius 1 is 1.18 bits per heavy atom. The Balaban J connectivity index is 1.35. The first-order chi connectivity index (χ1) is 13.7. The van der Waals surface area contributed by atoms with Gasteiger partial charge >= 0.3 is 0 Å². The Kier molecular flexibility index (Phi) is 7.68. The van der Waals surface area contributed by atoms with Crippen LogP contribution in [0.5, 0.6) is 0 Å². The summed E-state index contributed by atoms with van der Waals surface area (Å²) in [5.41, 5.74) is 2.12. The lowest BCUT2D eigenvalue weighted by molar-refractivity contribution is -0.116. The van der Waals surface area contributed by atoms with Crippen molar-refractivity contribution in [1.29, 1.82) is 0 Å². The maximum atomic E-state index is 12.0. The number of amides is 1. The molecule has 0 saturated carbocycles. The van der Waals surface area contributed by atoms with Crippen LogP contribution in [0.1, 0.15) is 30.7 Å². The van der Waals surface area contributed by atoms with Gasteiger partial charge in [-0.3, -0.25) is 9.79 Å². The van der Waals surface area contributed by atoms with E-state index >= 15 is 0 Å². The number of carbonyl (C=O) groups is 1. The van der Waals surface area contributed by atoms with Gasteiger partial charge in [-0.15, -0.1) is 0 Å². The van der Waals surface area contributed by atoms with Crippen molar-refractivity contribution in [2.75, 3.05) is 65.2 Å². The highest BCUT2D eigenvalue weighted by atomic mass is 16.1. The number of para-hydroxylation sites is 1. The first-order valence-electron chi connectivity index (χ1n) is 10.4. The largest absolute Gasteiger partial charge is 0.356 e. The number of aliphatic imine (C=N–C) groups is 1. The molecule has 7 nitrogen and oxygen atoms in total. The number of fused-ring (bicyclic) bond motifs is 1. The van der Waals surface area contributed by atoms with Crippen molar-refractivity contribution in [3.63, 3.8) is 0 Å². The van der Waals surface area contributed by atoms with Crippen LogP contribution in [-0.4, -0.2) is 81.6 Å². The molecule has 0 radical (unpaired) electrons. The third-order valence-electron chi connectivity index (χ3n) is 5.64. The van der Waals surface area contributed by atoms with Crippen LogP contribution in [-0.2, 0) is 4.79 Å². The summed E-state index contributed by atoms with van der Waals surface area (Å²) in [6.07, 6.45) is 2.83. The number of rotatable bonds is 7. The predicted octanol–water partition coefficient (Wildman–Crippen LogP) is 1.31. The van der Waals surface area contributed by atoms with E-state index in [9.17, 15) is 4.79 Å². The Morgan fingerprint density at radius 3 is 2.75 bits per heavy atom. The average molecular weight is 387 g/mol. The van der Waals surface area contributed by atoms with Crippen molar-refractivity contribution in [1.82, 2.24) is 20.4 Å². The zero-order valence-corrected chi connectivity index (χ0v) is 17.2. The van der Waals surface area contributed by atoms with Gasteiger partial charge in [-0.25, -0.2) is 0 Å². The molecule has 1 unspecified atom stereocenters. The van der Waals surface area contributed by atoms with E-state index in [1.807, 2.05) is 18.2 Å². The molecular formula is C21H34N6O. The van der Waals surface area contributed by atoms with Crippen LogP contribution in [0.2, 0.25) is 0 Å². The molecule has 1 aromatic rings. The molecule has 1 amide bonds. The molecule has 2 aliphatic heterocycles. The standard InChI is InChI=1S/C21H34N6O/c1-22-21(23-9-5-6-10-27-13-11-26(2)12-14-27)24-16-17-15-20(28)25-19-8-4-3-7-18(17)19/h3-4,7-8,17H,5-6,9-16H2,1-2H3,(H,25,28)(H2,22,23,24). The molecule has 0 bridgehead atoms. The van der Waals surface area contributed by atoms with Crippen LogP contribution >= 0.6 is 0 Å². The summed E-state index contributed by atoms with van der Waals surface area (Å²) in [6.45, 7) is 7.51. The summed E-state index contributed by atoms with van der Waals surface area (Å²) in [6, 6.07) is 8.04. The molecule has 3 N–H and O–H groups in total. The number of carbonyl (C=O) groups excluding carboxylic acids is 1. The van der Waals surface area contributed by atoms with Gasteiger partial charge in [-0.05, 0) is 38.1 Å². The molecule has 0 aromatic heterocycles. The van der Waals surface area contributed by atoms with E-state index in [1.165, 1.54) is 44.7 Å². The maximum Gasteiger partial charge on any atom is 0.225 e. The summed E-state index contributed by atoms with van der Waals surface area (Å²) in [5, 5.41) is 9.74. The lowest BCUT2D eigenvalue weighted by Gasteiger charge is -2.32. The highest BCUT2D eigenvalue weighted by Crippen LogP contribution is 2.31. The van der Waals surface area contributed by atoms with Gasteiger partial charge in [0.2, 0.25) is 5.91 Å². The topological polar surface area (TPSA) is 72.0 Å². The molecule has 0 aliphatic carbocycles. The monoisotopic (exact) mass is 386 g/mol. The van der Waals surface area contributed by atoms with Crippen LogP contribution in [0.3, 0.4) is 0 Å². The number of anilines is 1. The van der Waals surface area contributed by atoms with E-state index in [0.29, 0.717) is 13.0 Å². The van der Waals surface area contributed by atoms with Crippen LogP contribution in [0, 0.1) is 0 Å². The van der Waals surface area contributed by atoms with Gasteiger partial charge in [-0.2, -0.15) is 0 Å². The summed E-state index contributed by atoms with van der Waals surface area (Å²) in [4.78, 5) is 21.2. The molecule has 154 valence electrons. The lowest BCUT2D eigenvalue weighted by atomic mass is 9.90. The first kappa shape index (κ1) is 20.6. The third-order valence-corrected chi connectivity index (χ3v) is 5.64. The van der Waals surface area contributed by atoms with E-state index in [-0.39, 0.29) is 11.8 Å². The number of unbranched alkanes of at least 4 members (excludes halogenated alkanes) is 1. The molecule has 2 aliphatic rings. The minimum Gasteiger partial charge on any atom is -0.356 e. The Morgan fingerprint density at radius 2 is 1.96 bits per heavy atom. The number of nitrogens with one attached hydrogen (secondary N) is 3. The molecule has 1 atom stereocenters. The second-order valence-corrected chi connectivity index (χ2v) is 7.77. The molecule has 7 heteroatoms. The molecule has 2 heterocycles. The molecule has 1 saturated heterocycles. The zero-order valence-electron chi connectivity index (χ0n) is 17.2. The minimum atomic E-state index is 0.0809. The maximum absolute atomic E-state index is 12.0. The molecule has 28 heavy (non-hydrogen) atoms. The van der Waals surface area contributed by atoms with Crippen molar-refractivity contribution in [2.24, 2.45) is 4.99 Å². The highest BCUT2D eigenvalue weighted by molar-refractivity contribution is 5.94. The summed E-state index contributed by atoms with van der Waals surface area (Å²) in [5.74, 6) is 1.06. The summed E-state index contributed by atoms with van der Waals surface area (Å²) < 4.78 is 0. The van der Waals surface area contributed by atoms with Gasteiger partial charge < -0.3 is 25.8 Å². The van der Waals surface area contributed by atoms with E-state index in [1.54, 1.807) is 7.05 Å². The van der Waals surface area contributed by atoms with Gasteiger partial charge in [0.15, 0.2) is 5.96 Å². The molecule has 0 spiro atoms. The number of benzene rings is 1. The smallest absolute Gasteiger partial charge is 0.225 e. The van der Waals surface area contributed by atoms with E-state index in [2.05, 4.69) is 43.9 Å². The molecule has 3 rings (SSSR count). The van der Waals surface area contributed by atoms with Crippen molar-refractivity contribution < 1.29 is 4.79 Å². The van der Waals surface area contributed by atoms with Gasteiger partial charge in [0, 0.05) is 64.3 Å². The number of hydrogen-bond donors (Lipinski definition) is 3. The van der Waals surface area contributed by atoms with Crippen LogP contribution in [0.4, 0.5) is 5.69 Å². The summed E-state index contributed by atoms with van der Waals surface area (Å²) >= 11 is 0. The van der Waals surface area contributed by atoms with Gasteiger partial charge in [0.05, 0.1) is 0 Å². The Labute approximate surface area is 168 Å². The SMILES string of the molecule is CN=C(NCCCCN1CCN(C)CC1)NCC1CC(=O)Nc2ccccc21. The minimum absolute atomic E-state index is 0.0809. The van der Waals surface area contributed by atoms with Crippen LogP contribution in [0.25, 0.3) is 0 Å². The molecule has 1 fully saturated rings. The number of guanidine groups is 1. The van der Waals surface area contributed by atoms with E-state index in [0.717, 1.165) is 24.6 Å². The van der Waals surface area contributed by atoms with Crippen molar-refractivity contribution >= 4 is 17.6 Å². The van der Waals surface area contributed by atoms with Crippen molar-refractivity contribution in [3.8, 4) is 0 Å². The number of nitrogens with zero attached hydrogens (tertiary/aromatic N) is 3. The number of likely N-dealkylation sites (N-methyl/N-ethyl adjacent to an activating group) is 1. The van der Waals surface area contributed by atoms with Gasteiger partial charge in [-0.1, -0.05) is 18.2 Å². The van der Waals surface area contributed by atoms with E-state index in [4.69, 9.17) is 0 Å². The molecular weight excluding hydrogens is 352 g/mol. The fraction of sp³-hybridized carbons (Fsp3) is 0.619. The van der Waals surface area contributed by atoms with Crippen molar-refractivity contribution in [3.05, 3.63) is 29.8 Å². The van der Waals surface area contributed by atoms with E-state index < -0.39 is 0 Å². The molecule has 1 aromatic carbocycles. The second kappa shape index (κ2) is 10.4. The fourth-order valence-electron chi connectivity index (χ4n) is 3.86. The Hall–Kier alpha value is -2.12. The quantitative estimate of drug-likeness (QED) is 0.374. The van der Waals surface area contributed by atoms with Gasteiger partial charge in [0.25, 0.3) is 0 Å². The predicted molar refractivity (Wildman–Crippen MR) is 115 cm³/mol. The Bertz CT molecular complexity index is 669. The van der Waals surface area contributed by atoms with Crippen molar-refractivity contribution in [2.45, 2.75) is 25.2 Å². The lowest BCUT2D eigenvalue weighted by Crippen LogP contribution is -2.44. The third kappa shape index (κ3) is 5.94. The normalized spacial score (nSPS) is 21.1.